The minimum atomic E-state index is 0.145. The zero-order chi connectivity index (χ0) is 33.1. The number of rotatable bonds is 4. The zero-order valence-electron chi connectivity index (χ0n) is 29.7. The fraction of sp³-hybridized carbons (Fsp3) is 0.375. The van der Waals surface area contributed by atoms with Crippen LogP contribution in [0.5, 0.6) is 0 Å². The summed E-state index contributed by atoms with van der Waals surface area (Å²) in [5.41, 5.74) is 16.0. The molecule has 0 radical (unpaired) electrons. The van der Waals surface area contributed by atoms with E-state index in [4.69, 9.17) is 0 Å². The van der Waals surface area contributed by atoms with Crippen molar-refractivity contribution < 1.29 is 0 Å². The highest BCUT2D eigenvalue weighted by Crippen LogP contribution is 2.69. The van der Waals surface area contributed by atoms with Crippen LogP contribution in [0.1, 0.15) is 94.9 Å². The number of nitrogens with zero attached hydrogens (tertiary/aromatic N) is 1. The van der Waals surface area contributed by atoms with E-state index in [2.05, 4.69) is 148 Å². The van der Waals surface area contributed by atoms with Crippen LogP contribution in [-0.4, -0.2) is 0 Å². The summed E-state index contributed by atoms with van der Waals surface area (Å²) < 4.78 is 0. The van der Waals surface area contributed by atoms with Crippen LogP contribution in [0.15, 0.2) is 115 Å². The highest BCUT2D eigenvalue weighted by atomic mass is 15.1. The van der Waals surface area contributed by atoms with Crippen LogP contribution < -0.4 is 4.90 Å². The molecule has 49 heavy (non-hydrogen) atoms. The molecule has 4 saturated carbocycles. The standard InChI is InChI=1S/C48H49N/c1-46(2)22-23-47(3,4)45-30-39(19-21-44(45)46)49(37-16-14-34(15-17-37)33-10-6-5-7-11-33)38-18-20-43-41(29-38)40-12-8-9-13-42(40)48(43)35-25-31-24-32(27-35)28-36(48)26-31/h5-21,29-32,35-36H,22-28H2,1-4H3. The Hall–Kier alpha value is -4.10. The molecule has 0 N–H and O–H groups in total. The Bertz CT molecular complexity index is 2050. The van der Waals surface area contributed by atoms with Crippen LogP contribution in [0.4, 0.5) is 17.1 Å². The maximum atomic E-state index is 2.57. The molecule has 0 amide bonds. The van der Waals surface area contributed by atoms with Gasteiger partial charge >= 0.3 is 0 Å². The van der Waals surface area contributed by atoms with Crippen molar-refractivity contribution >= 4 is 17.1 Å². The monoisotopic (exact) mass is 639 g/mol. The van der Waals surface area contributed by atoms with E-state index in [1.165, 1.54) is 95.4 Å². The second-order valence-electron chi connectivity index (χ2n) is 17.7. The lowest BCUT2D eigenvalue weighted by Crippen LogP contribution is -2.55. The van der Waals surface area contributed by atoms with Crippen molar-refractivity contribution in [3.63, 3.8) is 0 Å². The second kappa shape index (κ2) is 10.5. The summed E-state index contributed by atoms with van der Waals surface area (Å²) in [7, 11) is 0. The minimum Gasteiger partial charge on any atom is -0.310 e. The van der Waals surface area contributed by atoms with Crippen molar-refractivity contribution in [2.75, 3.05) is 4.90 Å². The third kappa shape index (κ3) is 4.30. The SMILES string of the molecule is CC1(C)CCC(C)(C)c2cc(N(c3ccc(-c4ccccc4)cc3)c3ccc4c(c3)-c3ccccc3C43C4CC5CC(C4)CC3C5)ccc21. The molecule has 1 heteroatoms. The first kappa shape index (κ1) is 29.8. The molecule has 0 atom stereocenters. The quantitative estimate of drug-likeness (QED) is 0.189. The molecule has 0 heterocycles. The fourth-order valence-electron chi connectivity index (χ4n) is 11.9. The average Bonchev–Trinajstić information content (AvgIpc) is 3.40. The molecule has 246 valence electrons. The molecule has 4 bridgehead atoms. The lowest BCUT2D eigenvalue weighted by atomic mass is 9.43. The van der Waals surface area contributed by atoms with E-state index in [-0.39, 0.29) is 16.2 Å². The molecule has 1 spiro atoms. The smallest absolute Gasteiger partial charge is 0.0468 e. The van der Waals surface area contributed by atoms with Gasteiger partial charge in [0.25, 0.3) is 0 Å². The molecule has 5 aromatic carbocycles. The number of hydrogen-bond donors (Lipinski definition) is 0. The van der Waals surface area contributed by atoms with Crippen LogP contribution in [-0.2, 0) is 16.2 Å². The third-order valence-corrected chi connectivity index (χ3v) is 14.1. The first-order valence-electron chi connectivity index (χ1n) is 19.1. The number of hydrogen-bond acceptors (Lipinski definition) is 1. The molecular formula is C48H49N. The van der Waals surface area contributed by atoms with Gasteiger partial charge in [-0.3, -0.25) is 0 Å². The largest absolute Gasteiger partial charge is 0.310 e. The fourth-order valence-corrected chi connectivity index (χ4v) is 11.9. The summed E-state index contributed by atoms with van der Waals surface area (Å²) in [6.07, 6.45) is 9.61. The molecule has 0 unspecified atom stereocenters. The van der Waals surface area contributed by atoms with Crippen LogP contribution in [0.3, 0.4) is 0 Å². The molecule has 5 aromatic rings. The van der Waals surface area contributed by atoms with E-state index in [9.17, 15) is 0 Å². The highest BCUT2D eigenvalue weighted by molar-refractivity contribution is 5.88. The predicted octanol–water partition coefficient (Wildman–Crippen LogP) is 12.9. The Morgan fingerprint density at radius 2 is 0.980 bits per heavy atom. The summed E-state index contributed by atoms with van der Waals surface area (Å²) in [6, 6.07) is 44.5. The van der Waals surface area contributed by atoms with Gasteiger partial charge in [0, 0.05) is 22.5 Å². The van der Waals surface area contributed by atoms with E-state index in [0.717, 1.165) is 23.7 Å². The molecule has 11 rings (SSSR count). The zero-order valence-corrected chi connectivity index (χ0v) is 29.7. The first-order valence-corrected chi connectivity index (χ1v) is 19.1. The van der Waals surface area contributed by atoms with Crippen LogP contribution in [0.25, 0.3) is 22.3 Å². The third-order valence-electron chi connectivity index (χ3n) is 14.1. The van der Waals surface area contributed by atoms with Crippen molar-refractivity contribution in [1.29, 1.82) is 0 Å². The lowest BCUT2D eigenvalue weighted by Gasteiger charge is -2.61. The molecule has 0 aliphatic heterocycles. The minimum absolute atomic E-state index is 0.145. The van der Waals surface area contributed by atoms with Gasteiger partial charge in [-0.1, -0.05) is 107 Å². The molecule has 0 saturated heterocycles. The maximum Gasteiger partial charge on any atom is 0.0468 e. The molecule has 6 aliphatic carbocycles. The van der Waals surface area contributed by atoms with Gasteiger partial charge in [-0.05, 0) is 160 Å². The topological polar surface area (TPSA) is 3.24 Å². The van der Waals surface area contributed by atoms with Gasteiger partial charge in [-0.2, -0.15) is 0 Å². The average molecular weight is 640 g/mol. The summed E-state index contributed by atoms with van der Waals surface area (Å²) in [5.74, 6) is 3.47. The van der Waals surface area contributed by atoms with E-state index >= 15 is 0 Å². The van der Waals surface area contributed by atoms with Gasteiger partial charge in [0.2, 0.25) is 0 Å². The molecule has 1 nitrogen and oxygen atoms in total. The predicted molar refractivity (Wildman–Crippen MR) is 205 cm³/mol. The molecular weight excluding hydrogens is 591 g/mol. The number of benzene rings is 5. The lowest BCUT2D eigenvalue weighted by molar-refractivity contribution is -0.0399. The van der Waals surface area contributed by atoms with Gasteiger partial charge in [0.15, 0.2) is 0 Å². The molecule has 0 aromatic heterocycles. The normalized spacial score (nSPS) is 27.8. The molecule has 6 aliphatic rings. The number of anilines is 3. The summed E-state index contributed by atoms with van der Waals surface area (Å²) in [6.45, 7) is 9.75. The first-order chi connectivity index (χ1) is 23.7. The van der Waals surface area contributed by atoms with Crippen LogP contribution >= 0.6 is 0 Å². The van der Waals surface area contributed by atoms with Crippen molar-refractivity contribution in [3.8, 4) is 22.3 Å². The Morgan fingerprint density at radius 1 is 0.449 bits per heavy atom. The highest BCUT2D eigenvalue weighted by Gasteiger charge is 2.61. The Morgan fingerprint density at radius 3 is 1.67 bits per heavy atom. The Kier molecular flexibility index (Phi) is 6.36. The van der Waals surface area contributed by atoms with Gasteiger partial charge in [0.05, 0.1) is 0 Å². The Labute approximate surface area is 293 Å². The summed E-state index contributed by atoms with van der Waals surface area (Å²) in [5, 5.41) is 0. The van der Waals surface area contributed by atoms with E-state index < -0.39 is 0 Å². The van der Waals surface area contributed by atoms with Crippen molar-refractivity contribution in [2.45, 2.75) is 88.9 Å². The van der Waals surface area contributed by atoms with Crippen molar-refractivity contribution in [3.05, 3.63) is 138 Å². The van der Waals surface area contributed by atoms with Crippen LogP contribution in [0, 0.1) is 23.7 Å². The summed E-state index contributed by atoms with van der Waals surface area (Å²) in [4.78, 5) is 2.54. The van der Waals surface area contributed by atoms with Gasteiger partial charge in [-0.15, -0.1) is 0 Å². The molecule has 4 fully saturated rings. The van der Waals surface area contributed by atoms with E-state index in [1.54, 1.807) is 11.1 Å². The van der Waals surface area contributed by atoms with Crippen LogP contribution in [0.2, 0.25) is 0 Å². The maximum absolute atomic E-state index is 2.57. The van der Waals surface area contributed by atoms with Crippen molar-refractivity contribution in [1.82, 2.24) is 0 Å². The van der Waals surface area contributed by atoms with E-state index in [0.29, 0.717) is 0 Å². The van der Waals surface area contributed by atoms with Gasteiger partial charge in [0.1, 0.15) is 0 Å². The van der Waals surface area contributed by atoms with Gasteiger partial charge in [-0.25, -0.2) is 0 Å². The summed E-state index contributed by atoms with van der Waals surface area (Å²) >= 11 is 0. The van der Waals surface area contributed by atoms with Crippen molar-refractivity contribution in [2.24, 2.45) is 23.7 Å². The number of fused-ring (bicyclic) bond motifs is 4. The Balaban J connectivity index is 1.15. The second-order valence-corrected chi connectivity index (χ2v) is 17.7. The van der Waals surface area contributed by atoms with E-state index in [1.807, 2.05) is 0 Å². The van der Waals surface area contributed by atoms with Gasteiger partial charge < -0.3 is 4.90 Å².